The molecule has 0 aliphatic heterocycles. The molecule has 134 valence electrons. The quantitative estimate of drug-likeness (QED) is 0.767. The summed E-state index contributed by atoms with van der Waals surface area (Å²) in [7, 11) is 1.71. The normalized spacial score (nSPS) is 20.2. The van der Waals surface area contributed by atoms with Gasteiger partial charge in [0.15, 0.2) is 5.65 Å². The predicted molar refractivity (Wildman–Crippen MR) is 98.2 cm³/mol. The molecule has 0 aromatic carbocycles. The van der Waals surface area contributed by atoms with Crippen LogP contribution in [-0.2, 0) is 7.05 Å². The van der Waals surface area contributed by atoms with Gasteiger partial charge in [-0.25, -0.2) is 9.67 Å². The van der Waals surface area contributed by atoms with E-state index >= 15 is 0 Å². The summed E-state index contributed by atoms with van der Waals surface area (Å²) in [5, 5.41) is 8.07. The fourth-order valence-electron chi connectivity index (χ4n) is 3.52. The van der Waals surface area contributed by atoms with Crippen LogP contribution < -0.4 is 16.4 Å². The van der Waals surface area contributed by atoms with Crippen LogP contribution in [0, 0.1) is 0 Å². The van der Waals surface area contributed by atoms with Crippen molar-refractivity contribution in [3.05, 3.63) is 57.4 Å². The molecule has 1 fully saturated rings. The standard InChI is InChI=1S/C18H20N6O2/c1-23-17(26)14-4-2-10-19-16(14)22-18(23)21-12-6-8-13(9-7-12)24-15(25)5-3-11-20-24/h2-5,10-13H,6-9H2,1H3,(H,19,21,22). The zero-order valence-electron chi connectivity index (χ0n) is 14.5. The van der Waals surface area contributed by atoms with Gasteiger partial charge in [0, 0.05) is 31.5 Å². The maximum Gasteiger partial charge on any atom is 0.266 e. The highest BCUT2D eigenvalue weighted by Crippen LogP contribution is 2.28. The van der Waals surface area contributed by atoms with Crippen molar-refractivity contribution in [1.82, 2.24) is 24.3 Å². The number of hydrogen-bond acceptors (Lipinski definition) is 6. The van der Waals surface area contributed by atoms with E-state index in [0.29, 0.717) is 17.0 Å². The summed E-state index contributed by atoms with van der Waals surface area (Å²) in [6, 6.07) is 6.99. The summed E-state index contributed by atoms with van der Waals surface area (Å²) < 4.78 is 3.10. The van der Waals surface area contributed by atoms with Crippen LogP contribution in [0.15, 0.2) is 46.2 Å². The van der Waals surface area contributed by atoms with Crippen LogP contribution >= 0.6 is 0 Å². The molecule has 3 heterocycles. The smallest absolute Gasteiger partial charge is 0.266 e. The van der Waals surface area contributed by atoms with E-state index in [-0.39, 0.29) is 23.2 Å². The molecule has 4 rings (SSSR count). The lowest BCUT2D eigenvalue weighted by molar-refractivity contribution is 0.303. The maximum atomic E-state index is 12.5. The summed E-state index contributed by atoms with van der Waals surface area (Å²) >= 11 is 0. The Morgan fingerprint density at radius 2 is 1.85 bits per heavy atom. The van der Waals surface area contributed by atoms with Crippen molar-refractivity contribution >= 4 is 17.0 Å². The van der Waals surface area contributed by atoms with Crippen LogP contribution in [0.5, 0.6) is 0 Å². The minimum Gasteiger partial charge on any atom is -0.353 e. The summed E-state index contributed by atoms with van der Waals surface area (Å²) in [5.74, 6) is 0.527. The summed E-state index contributed by atoms with van der Waals surface area (Å²) in [6.07, 6.45) is 6.75. The number of pyridine rings is 1. The zero-order valence-corrected chi connectivity index (χ0v) is 14.5. The van der Waals surface area contributed by atoms with Gasteiger partial charge in [-0.1, -0.05) is 0 Å². The van der Waals surface area contributed by atoms with Crippen LogP contribution in [0.4, 0.5) is 5.95 Å². The van der Waals surface area contributed by atoms with Gasteiger partial charge in [-0.3, -0.25) is 14.2 Å². The minimum atomic E-state index is -0.112. The lowest BCUT2D eigenvalue weighted by Crippen LogP contribution is -2.34. The summed E-state index contributed by atoms with van der Waals surface area (Å²) in [6.45, 7) is 0. The van der Waals surface area contributed by atoms with E-state index in [2.05, 4.69) is 20.4 Å². The van der Waals surface area contributed by atoms with Gasteiger partial charge in [0.25, 0.3) is 11.1 Å². The van der Waals surface area contributed by atoms with Gasteiger partial charge in [0.05, 0.1) is 11.4 Å². The molecule has 0 spiro atoms. The highest BCUT2D eigenvalue weighted by atomic mass is 16.1. The molecule has 0 amide bonds. The Balaban J connectivity index is 1.51. The van der Waals surface area contributed by atoms with E-state index in [1.165, 1.54) is 4.57 Å². The zero-order chi connectivity index (χ0) is 18.1. The van der Waals surface area contributed by atoms with Crippen molar-refractivity contribution in [1.29, 1.82) is 0 Å². The van der Waals surface area contributed by atoms with Crippen molar-refractivity contribution in [2.24, 2.45) is 7.05 Å². The van der Waals surface area contributed by atoms with Gasteiger partial charge in [-0.05, 0) is 43.9 Å². The largest absolute Gasteiger partial charge is 0.353 e. The number of nitrogens with one attached hydrogen (secondary N) is 1. The van der Waals surface area contributed by atoms with Gasteiger partial charge < -0.3 is 5.32 Å². The van der Waals surface area contributed by atoms with Crippen molar-refractivity contribution < 1.29 is 0 Å². The van der Waals surface area contributed by atoms with Crippen LogP contribution in [-0.4, -0.2) is 30.4 Å². The van der Waals surface area contributed by atoms with Crippen LogP contribution in [0.1, 0.15) is 31.7 Å². The first kappa shape index (κ1) is 16.4. The highest BCUT2D eigenvalue weighted by Gasteiger charge is 2.24. The third kappa shape index (κ3) is 2.98. The van der Waals surface area contributed by atoms with Crippen LogP contribution in [0.2, 0.25) is 0 Å². The fraction of sp³-hybridized carbons (Fsp3) is 0.389. The molecule has 1 aliphatic rings. The average Bonchev–Trinajstić information content (AvgIpc) is 2.67. The molecular weight excluding hydrogens is 332 g/mol. The van der Waals surface area contributed by atoms with Crippen molar-refractivity contribution in [3.63, 3.8) is 0 Å². The number of nitrogens with zero attached hydrogens (tertiary/aromatic N) is 5. The number of hydrogen-bond donors (Lipinski definition) is 1. The van der Waals surface area contributed by atoms with E-state index in [1.54, 1.807) is 48.4 Å². The Labute approximate surface area is 149 Å². The first-order valence-corrected chi connectivity index (χ1v) is 8.75. The molecule has 0 radical (unpaired) electrons. The second-order valence-corrected chi connectivity index (χ2v) is 6.63. The van der Waals surface area contributed by atoms with Gasteiger partial charge >= 0.3 is 0 Å². The first-order chi connectivity index (χ1) is 12.6. The van der Waals surface area contributed by atoms with E-state index in [1.807, 2.05) is 0 Å². The minimum absolute atomic E-state index is 0.0615. The second-order valence-electron chi connectivity index (χ2n) is 6.63. The predicted octanol–water partition coefficient (Wildman–Crippen LogP) is 1.48. The number of aromatic nitrogens is 5. The molecule has 8 nitrogen and oxygen atoms in total. The molecular formula is C18H20N6O2. The third-order valence-electron chi connectivity index (χ3n) is 4.97. The lowest BCUT2D eigenvalue weighted by Gasteiger charge is -2.30. The van der Waals surface area contributed by atoms with E-state index in [0.717, 1.165) is 25.7 Å². The fourth-order valence-corrected chi connectivity index (χ4v) is 3.52. The molecule has 0 bridgehead atoms. The van der Waals surface area contributed by atoms with Gasteiger partial charge in [0.1, 0.15) is 0 Å². The summed E-state index contributed by atoms with van der Waals surface area (Å²) in [4.78, 5) is 33.1. The highest BCUT2D eigenvalue weighted by molar-refractivity contribution is 5.74. The second kappa shape index (κ2) is 6.70. The molecule has 0 saturated heterocycles. The maximum absolute atomic E-state index is 12.5. The number of anilines is 1. The van der Waals surface area contributed by atoms with E-state index in [9.17, 15) is 9.59 Å². The molecule has 1 aliphatic carbocycles. The first-order valence-electron chi connectivity index (χ1n) is 8.75. The van der Waals surface area contributed by atoms with Gasteiger partial charge in [-0.15, -0.1) is 0 Å². The Morgan fingerprint density at radius 1 is 1.08 bits per heavy atom. The number of rotatable bonds is 3. The third-order valence-corrected chi connectivity index (χ3v) is 4.97. The molecule has 26 heavy (non-hydrogen) atoms. The van der Waals surface area contributed by atoms with E-state index < -0.39 is 0 Å². The summed E-state index contributed by atoms with van der Waals surface area (Å²) in [5.41, 5.74) is 0.278. The Bertz CT molecular complexity index is 1050. The molecule has 3 aromatic rings. The Kier molecular flexibility index (Phi) is 4.24. The van der Waals surface area contributed by atoms with E-state index in [4.69, 9.17) is 0 Å². The lowest BCUT2D eigenvalue weighted by atomic mass is 9.91. The molecule has 3 aromatic heterocycles. The Morgan fingerprint density at radius 3 is 2.62 bits per heavy atom. The van der Waals surface area contributed by atoms with Gasteiger partial charge in [0.2, 0.25) is 5.95 Å². The average molecular weight is 352 g/mol. The molecule has 0 atom stereocenters. The van der Waals surface area contributed by atoms with Crippen molar-refractivity contribution in [2.75, 3.05) is 5.32 Å². The monoisotopic (exact) mass is 352 g/mol. The van der Waals surface area contributed by atoms with Crippen molar-refractivity contribution in [3.8, 4) is 0 Å². The van der Waals surface area contributed by atoms with Crippen LogP contribution in [0.3, 0.4) is 0 Å². The number of fused-ring (bicyclic) bond motifs is 1. The molecule has 1 saturated carbocycles. The topological polar surface area (TPSA) is 94.7 Å². The SMILES string of the molecule is Cn1c(NC2CCC(n3ncccc3=O)CC2)nc2ncccc2c1=O. The van der Waals surface area contributed by atoms with Crippen LogP contribution in [0.25, 0.3) is 11.0 Å². The molecule has 1 N–H and O–H groups in total. The Hall–Kier alpha value is -3.03. The molecule has 0 unspecified atom stereocenters. The van der Waals surface area contributed by atoms with Crippen molar-refractivity contribution in [2.45, 2.75) is 37.8 Å². The van der Waals surface area contributed by atoms with Gasteiger partial charge in [-0.2, -0.15) is 10.1 Å². The molecule has 8 heteroatoms.